The Hall–Kier alpha value is -2.84. The molecule has 0 saturated carbocycles. The van der Waals surface area contributed by atoms with Crippen molar-refractivity contribution in [2.24, 2.45) is 7.05 Å². The Kier molecular flexibility index (Phi) is 7.44. The van der Waals surface area contributed by atoms with Crippen molar-refractivity contribution in [2.75, 3.05) is 25.4 Å². The average molecular weight is 455 g/mol. The molecule has 3 aromatic rings. The fourth-order valence-electron chi connectivity index (χ4n) is 3.72. The van der Waals surface area contributed by atoms with Crippen LogP contribution in [-0.4, -0.2) is 45.7 Å². The molecule has 2 aromatic carbocycles. The number of thioether (sulfide) groups is 1. The lowest BCUT2D eigenvalue weighted by atomic mass is 10.1. The summed E-state index contributed by atoms with van der Waals surface area (Å²) >= 11 is 1.61. The number of aromatic nitrogens is 2. The number of ether oxygens (including phenoxy) is 1. The maximum absolute atomic E-state index is 14.5. The summed E-state index contributed by atoms with van der Waals surface area (Å²) in [5.74, 6) is 1.25. The topological polar surface area (TPSA) is 59.4 Å². The Morgan fingerprint density at radius 2 is 2.06 bits per heavy atom. The molecule has 1 amide bonds. The number of fused-ring (bicyclic) bond motifs is 1. The van der Waals surface area contributed by atoms with Crippen LogP contribution >= 0.6 is 11.8 Å². The molecule has 0 fully saturated rings. The van der Waals surface area contributed by atoms with E-state index in [0.29, 0.717) is 38.2 Å². The van der Waals surface area contributed by atoms with E-state index < -0.39 is 6.10 Å². The van der Waals surface area contributed by atoms with Crippen molar-refractivity contribution in [2.45, 2.75) is 24.2 Å². The Morgan fingerprint density at radius 1 is 1.25 bits per heavy atom. The summed E-state index contributed by atoms with van der Waals surface area (Å²) in [6.45, 7) is 2.32. The fraction of sp³-hybridized carbons (Fsp3) is 0.333. The summed E-state index contributed by atoms with van der Waals surface area (Å²) in [7, 11) is 1.95. The minimum Gasteiger partial charge on any atom is -0.484 e. The largest absolute Gasteiger partial charge is 0.484 e. The summed E-state index contributed by atoms with van der Waals surface area (Å²) < 4.78 is 22.6. The smallest absolute Gasteiger partial charge is 0.221 e. The Morgan fingerprint density at radius 3 is 2.88 bits per heavy atom. The number of nitrogens with zero attached hydrogens (tertiary/aromatic N) is 3. The van der Waals surface area contributed by atoms with Crippen LogP contribution in [0, 0.1) is 5.82 Å². The molecule has 2 heterocycles. The molecule has 32 heavy (non-hydrogen) atoms. The number of amides is 1. The van der Waals surface area contributed by atoms with E-state index >= 15 is 0 Å². The van der Waals surface area contributed by atoms with Crippen molar-refractivity contribution in [3.8, 4) is 5.75 Å². The monoisotopic (exact) mass is 454 g/mol. The molecule has 1 aromatic heterocycles. The molecule has 1 aliphatic heterocycles. The van der Waals surface area contributed by atoms with Gasteiger partial charge in [-0.3, -0.25) is 9.69 Å². The van der Waals surface area contributed by atoms with E-state index in [-0.39, 0.29) is 11.7 Å². The van der Waals surface area contributed by atoms with Crippen LogP contribution < -0.4 is 10.1 Å². The molecule has 1 aliphatic rings. The molecular formula is C24H27FN4O2S. The van der Waals surface area contributed by atoms with E-state index in [1.54, 1.807) is 30.1 Å². The van der Waals surface area contributed by atoms with Gasteiger partial charge in [0.1, 0.15) is 17.7 Å². The predicted octanol–water partition coefficient (Wildman–Crippen LogP) is 3.79. The van der Waals surface area contributed by atoms with Gasteiger partial charge in [-0.2, -0.15) is 0 Å². The minimum atomic E-state index is -0.433. The summed E-state index contributed by atoms with van der Waals surface area (Å²) in [5.41, 5.74) is 1.57. The minimum absolute atomic E-state index is 0.00586. The van der Waals surface area contributed by atoms with Crippen molar-refractivity contribution in [1.82, 2.24) is 19.8 Å². The first-order valence-electron chi connectivity index (χ1n) is 10.7. The number of rotatable bonds is 8. The van der Waals surface area contributed by atoms with Gasteiger partial charge in [0.25, 0.3) is 0 Å². The highest BCUT2D eigenvalue weighted by atomic mass is 32.2. The normalized spacial score (nSPS) is 16.1. The third-order valence-electron chi connectivity index (χ3n) is 5.40. The van der Waals surface area contributed by atoms with Gasteiger partial charge in [-0.15, -0.1) is 0 Å². The first-order chi connectivity index (χ1) is 15.6. The summed E-state index contributed by atoms with van der Waals surface area (Å²) in [4.78, 5) is 18.8. The van der Waals surface area contributed by atoms with Crippen LogP contribution in [0.15, 0.2) is 66.1 Å². The van der Waals surface area contributed by atoms with E-state index in [9.17, 15) is 9.18 Å². The number of aryl methyl sites for hydroxylation is 1. The van der Waals surface area contributed by atoms with Gasteiger partial charge in [0, 0.05) is 68.9 Å². The summed E-state index contributed by atoms with van der Waals surface area (Å²) in [5, 5.41) is 3.91. The van der Waals surface area contributed by atoms with E-state index in [0.717, 1.165) is 22.2 Å². The van der Waals surface area contributed by atoms with Crippen LogP contribution in [0.25, 0.3) is 0 Å². The van der Waals surface area contributed by atoms with Gasteiger partial charge in [0.05, 0.1) is 0 Å². The first-order valence-corrected chi connectivity index (χ1v) is 11.7. The molecule has 0 bridgehead atoms. The second kappa shape index (κ2) is 10.7. The molecule has 0 aliphatic carbocycles. The number of nitrogens with one attached hydrogen (secondary N) is 1. The van der Waals surface area contributed by atoms with E-state index in [1.165, 1.54) is 6.07 Å². The highest BCUT2D eigenvalue weighted by molar-refractivity contribution is 7.99. The van der Waals surface area contributed by atoms with Gasteiger partial charge in [-0.05, 0) is 12.1 Å². The molecule has 168 valence electrons. The Labute approximate surface area is 191 Å². The quantitative estimate of drug-likeness (QED) is 0.415. The van der Waals surface area contributed by atoms with E-state index in [4.69, 9.17) is 4.74 Å². The van der Waals surface area contributed by atoms with Crippen molar-refractivity contribution in [3.63, 3.8) is 0 Å². The van der Waals surface area contributed by atoms with Crippen LogP contribution in [0.3, 0.4) is 0 Å². The van der Waals surface area contributed by atoms with Crippen LogP contribution in [-0.2, 0) is 18.4 Å². The molecule has 1 N–H and O–H groups in total. The molecule has 0 saturated heterocycles. The zero-order valence-electron chi connectivity index (χ0n) is 18.0. The van der Waals surface area contributed by atoms with Crippen molar-refractivity contribution in [3.05, 3.63) is 77.9 Å². The second-order valence-corrected chi connectivity index (χ2v) is 8.80. The number of imidazole rings is 1. The second-order valence-electron chi connectivity index (χ2n) is 7.74. The summed E-state index contributed by atoms with van der Waals surface area (Å²) in [6.07, 6.45) is 3.60. The zero-order valence-corrected chi connectivity index (χ0v) is 18.9. The maximum Gasteiger partial charge on any atom is 0.221 e. The highest BCUT2D eigenvalue weighted by Crippen LogP contribution is 2.32. The van der Waals surface area contributed by atoms with Gasteiger partial charge >= 0.3 is 0 Å². The first kappa shape index (κ1) is 22.4. The van der Waals surface area contributed by atoms with Crippen LogP contribution in [0.1, 0.15) is 23.7 Å². The highest BCUT2D eigenvalue weighted by Gasteiger charge is 2.26. The number of hydrogen-bond acceptors (Lipinski definition) is 5. The Balaban J connectivity index is 1.33. The van der Waals surface area contributed by atoms with Gasteiger partial charge < -0.3 is 14.6 Å². The van der Waals surface area contributed by atoms with Crippen LogP contribution in [0.2, 0.25) is 0 Å². The number of benzene rings is 2. The third-order valence-corrected chi connectivity index (χ3v) is 6.46. The average Bonchev–Trinajstić information content (AvgIpc) is 3.10. The lowest BCUT2D eigenvalue weighted by Crippen LogP contribution is -2.34. The summed E-state index contributed by atoms with van der Waals surface area (Å²) in [6, 6.07) is 14.5. The van der Waals surface area contributed by atoms with Gasteiger partial charge in [0.15, 0.2) is 5.16 Å². The molecule has 4 rings (SSSR count). The molecule has 8 heteroatoms. The van der Waals surface area contributed by atoms with Crippen molar-refractivity contribution >= 4 is 17.7 Å². The number of carbonyl (C=O) groups is 1. The molecule has 6 nitrogen and oxygen atoms in total. The van der Waals surface area contributed by atoms with Crippen molar-refractivity contribution in [1.29, 1.82) is 0 Å². The molecule has 0 spiro atoms. The fourth-order valence-corrected chi connectivity index (χ4v) is 4.51. The predicted molar refractivity (Wildman–Crippen MR) is 123 cm³/mol. The molecule has 1 atom stereocenters. The van der Waals surface area contributed by atoms with Gasteiger partial charge in [0.2, 0.25) is 5.91 Å². The Bertz CT molecular complexity index is 1060. The van der Waals surface area contributed by atoms with E-state index in [2.05, 4.69) is 15.2 Å². The van der Waals surface area contributed by atoms with Gasteiger partial charge in [-0.25, -0.2) is 9.37 Å². The number of halogens is 1. The lowest BCUT2D eigenvalue weighted by Gasteiger charge is -2.24. The maximum atomic E-state index is 14.5. The SMILES string of the molecule is Cn1ccnc1SCCNC(=O)CCN1Cc2ccccc2OC(c2ccccc2F)C1. The number of carbonyl (C=O) groups excluding carboxylic acids is 1. The third kappa shape index (κ3) is 5.69. The van der Waals surface area contributed by atoms with Gasteiger partial charge in [-0.1, -0.05) is 48.2 Å². The van der Waals surface area contributed by atoms with Crippen molar-refractivity contribution < 1.29 is 13.9 Å². The molecule has 0 radical (unpaired) electrons. The zero-order chi connectivity index (χ0) is 22.3. The lowest BCUT2D eigenvalue weighted by molar-refractivity contribution is -0.121. The van der Waals surface area contributed by atoms with E-state index in [1.807, 2.05) is 48.1 Å². The molecular weight excluding hydrogens is 427 g/mol. The number of hydrogen-bond donors (Lipinski definition) is 1. The number of para-hydroxylation sites is 1. The molecule has 1 unspecified atom stereocenters. The van der Waals surface area contributed by atoms with Crippen LogP contribution in [0.5, 0.6) is 5.75 Å². The van der Waals surface area contributed by atoms with Crippen LogP contribution in [0.4, 0.5) is 4.39 Å². The standard InChI is InChI=1S/C24H27FN4O2S/c1-28-14-11-27-24(28)32-15-12-26-23(30)10-13-29-16-18-6-2-5-9-21(18)31-22(17-29)19-7-3-4-8-20(19)25/h2-9,11,14,22H,10,12-13,15-17H2,1H3,(H,26,30).